The van der Waals surface area contributed by atoms with Crippen molar-refractivity contribution >= 4 is 10.0 Å². The van der Waals surface area contributed by atoms with Gasteiger partial charge in [-0.2, -0.15) is 9.40 Å². The summed E-state index contributed by atoms with van der Waals surface area (Å²) in [6.45, 7) is 6.63. The summed E-state index contributed by atoms with van der Waals surface area (Å²) in [7, 11) is -3.46. The fourth-order valence-electron chi connectivity index (χ4n) is 2.27. The Labute approximate surface area is 108 Å². The number of nitrogens with two attached hydrogens (primary N) is 1. The number of aromatic amines is 1. The van der Waals surface area contributed by atoms with Crippen molar-refractivity contribution in [2.24, 2.45) is 11.1 Å². The van der Waals surface area contributed by atoms with Crippen LogP contribution in [0.1, 0.15) is 26.0 Å². The molecule has 0 spiro atoms. The van der Waals surface area contributed by atoms with E-state index in [9.17, 15) is 8.42 Å². The summed E-state index contributed by atoms with van der Waals surface area (Å²) in [6.07, 6.45) is 2.05. The van der Waals surface area contributed by atoms with Crippen molar-refractivity contribution in [3.05, 3.63) is 11.9 Å². The Balaban J connectivity index is 2.30. The first-order valence-corrected chi connectivity index (χ1v) is 7.45. The Bertz CT molecular complexity index is 535. The minimum atomic E-state index is -3.46. The van der Waals surface area contributed by atoms with E-state index in [4.69, 9.17) is 5.73 Å². The zero-order valence-electron chi connectivity index (χ0n) is 11.0. The molecule has 1 aromatic heterocycles. The molecule has 2 rings (SSSR count). The molecule has 3 N–H and O–H groups in total. The van der Waals surface area contributed by atoms with Gasteiger partial charge < -0.3 is 5.73 Å². The number of piperidine rings is 1. The van der Waals surface area contributed by atoms with Gasteiger partial charge in [0, 0.05) is 19.1 Å². The summed E-state index contributed by atoms with van der Waals surface area (Å²) in [4.78, 5) is 0.258. The second kappa shape index (κ2) is 4.32. The van der Waals surface area contributed by atoms with E-state index in [1.165, 1.54) is 10.5 Å². The number of aromatic nitrogens is 2. The van der Waals surface area contributed by atoms with Crippen LogP contribution in [0.3, 0.4) is 0 Å². The number of hydrogen-bond donors (Lipinski definition) is 2. The number of hydrogen-bond acceptors (Lipinski definition) is 4. The number of sulfonamides is 1. The number of aryl methyl sites for hydroxylation is 1. The Kier molecular flexibility index (Phi) is 3.25. The van der Waals surface area contributed by atoms with Gasteiger partial charge >= 0.3 is 0 Å². The van der Waals surface area contributed by atoms with Crippen molar-refractivity contribution in [2.45, 2.75) is 38.1 Å². The molecule has 7 heteroatoms. The highest BCUT2D eigenvalue weighted by Gasteiger charge is 2.39. The Hall–Kier alpha value is -0.920. The van der Waals surface area contributed by atoms with Crippen LogP contribution in [0.5, 0.6) is 0 Å². The van der Waals surface area contributed by atoms with E-state index in [1.807, 2.05) is 13.8 Å². The van der Waals surface area contributed by atoms with Crippen molar-refractivity contribution in [1.82, 2.24) is 14.5 Å². The summed E-state index contributed by atoms with van der Waals surface area (Å²) in [5, 5.41) is 6.44. The van der Waals surface area contributed by atoms with Gasteiger partial charge in [-0.15, -0.1) is 0 Å². The van der Waals surface area contributed by atoms with Gasteiger partial charge in [-0.25, -0.2) is 8.42 Å². The number of rotatable bonds is 2. The lowest BCUT2D eigenvalue weighted by molar-refractivity contribution is 0.155. The number of H-pyrrole nitrogens is 1. The van der Waals surface area contributed by atoms with Gasteiger partial charge in [-0.05, 0) is 18.8 Å². The first-order valence-electron chi connectivity index (χ1n) is 6.01. The van der Waals surface area contributed by atoms with Crippen LogP contribution in [0, 0.1) is 12.3 Å². The van der Waals surface area contributed by atoms with Crippen LogP contribution >= 0.6 is 0 Å². The fourth-order valence-corrected chi connectivity index (χ4v) is 4.01. The van der Waals surface area contributed by atoms with E-state index >= 15 is 0 Å². The Morgan fingerprint density at radius 3 is 2.72 bits per heavy atom. The van der Waals surface area contributed by atoms with Crippen LogP contribution in [0.2, 0.25) is 0 Å². The number of nitrogens with one attached hydrogen (secondary N) is 1. The van der Waals surface area contributed by atoms with Gasteiger partial charge in [-0.3, -0.25) is 5.10 Å². The third-order valence-corrected chi connectivity index (χ3v) is 5.64. The lowest BCUT2D eigenvalue weighted by Gasteiger charge is -2.41. The first kappa shape index (κ1) is 13.5. The third kappa shape index (κ3) is 2.17. The van der Waals surface area contributed by atoms with Gasteiger partial charge in [0.1, 0.15) is 4.90 Å². The van der Waals surface area contributed by atoms with Crippen molar-refractivity contribution in [1.29, 1.82) is 0 Å². The molecule has 1 aliphatic heterocycles. The molecule has 0 aromatic carbocycles. The molecule has 1 aliphatic rings. The minimum Gasteiger partial charge on any atom is -0.327 e. The zero-order valence-corrected chi connectivity index (χ0v) is 11.8. The maximum atomic E-state index is 12.5. The Morgan fingerprint density at radius 1 is 1.56 bits per heavy atom. The molecular weight excluding hydrogens is 252 g/mol. The summed E-state index contributed by atoms with van der Waals surface area (Å²) >= 11 is 0. The molecule has 18 heavy (non-hydrogen) atoms. The molecule has 1 saturated heterocycles. The zero-order chi connectivity index (χ0) is 13.6. The Morgan fingerprint density at radius 2 is 2.22 bits per heavy atom. The van der Waals surface area contributed by atoms with Gasteiger partial charge in [-0.1, -0.05) is 13.8 Å². The third-order valence-electron chi connectivity index (χ3n) is 3.68. The summed E-state index contributed by atoms with van der Waals surface area (Å²) in [6, 6.07) is 0.0365. The molecule has 2 heterocycles. The monoisotopic (exact) mass is 272 g/mol. The lowest BCUT2D eigenvalue weighted by Crippen LogP contribution is -2.53. The van der Waals surface area contributed by atoms with E-state index in [0.717, 1.165) is 0 Å². The fraction of sp³-hybridized carbons (Fsp3) is 0.727. The van der Waals surface area contributed by atoms with Crippen molar-refractivity contribution in [3.8, 4) is 0 Å². The normalized spacial score (nSPS) is 25.2. The summed E-state index contributed by atoms with van der Waals surface area (Å²) < 4.78 is 26.5. The minimum absolute atomic E-state index is 0.0365. The van der Waals surface area contributed by atoms with Crippen LogP contribution in [-0.4, -0.2) is 42.1 Å². The average Bonchev–Trinajstić information content (AvgIpc) is 2.69. The van der Waals surface area contributed by atoms with E-state index < -0.39 is 10.0 Å². The van der Waals surface area contributed by atoms with Crippen LogP contribution in [0.15, 0.2) is 11.1 Å². The molecule has 102 valence electrons. The highest BCUT2D eigenvalue weighted by Crippen LogP contribution is 2.31. The van der Waals surface area contributed by atoms with Crippen molar-refractivity contribution < 1.29 is 8.42 Å². The van der Waals surface area contributed by atoms with Crippen LogP contribution in [0.25, 0.3) is 0 Å². The molecule has 1 fully saturated rings. The van der Waals surface area contributed by atoms with Crippen LogP contribution < -0.4 is 5.73 Å². The van der Waals surface area contributed by atoms with E-state index in [0.29, 0.717) is 25.2 Å². The van der Waals surface area contributed by atoms with E-state index in [1.54, 1.807) is 6.92 Å². The van der Waals surface area contributed by atoms with Gasteiger partial charge in [0.2, 0.25) is 10.0 Å². The lowest BCUT2D eigenvalue weighted by atomic mass is 9.81. The molecule has 1 unspecified atom stereocenters. The predicted octanol–water partition coefficient (Wildman–Crippen LogP) is 0.466. The second-order valence-electron chi connectivity index (χ2n) is 5.58. The van der Waals surface area contributed by atoms with Gasteiger partial charge in [0.05, 0.1) is 11.9 Å². The van der Waals surface area contributed by atoms with Crippen LogP contribution in [-0.2, 0) is 10.0 Å². The summed E-state index contributed by atoms with van der Waals surface area (Å²) in [5.74, 6) is 0. The molecule has 0 radical (unpaired) electrons. The van der Waals surface area contributed by atoms with E-state index in [2.05, 4.69) is 10.2 Å². The quantitative estimate of drug-likeness (QED) is 0.818. The highest BCUT2D eigenvalue weighted by molar-refractivity contribution is 7.89. The molecule has 0 amide bonds. The van der Waals surface area contributed by atoms with Crippen LogP contribution in [0.4, 0.5) is 0 Å². The average molecular weight is 272 g/mol. The number of nitrogens with zero attached hydrogens (tertiary/aromatic N) is 2. The van der Waals surface area contributed by atoms with Gasteiger partial charge in [0.25, 0.3) is 0 Å². The molecule has 0 saturated carbocycles. The first-order chi connectivity index (χ1) is 8.25. The van der Waals surface area contributed by atoms with Crippen molar-refractivity contribution in [2.75, 3.05) is 13.1 Å². The maximum Gasteiger partial charge on any atom is 0.246 e. The maximum absolute atomic E-state index is 12.5. The topological polar surface area (TPSA) is 92.1 Å². The van der Waals surface area contributed by atoms with Gasteiger partial charge in [0.15, 0.2) is 0 Å². The SMILES string of the molecule is Cc1[nH]ncc1S(=O)(=O)N1CCC(N)C(C)(C)C1. The largest absolute Gasteiger partial charge is 0.327 e. The molecule has 0 bridgehead atoms. The molecule has 6 nitrogen and oxygen atoms in total. The van der Waals surface area contributed by atoms with Crippen molar-refractivity contribution in [3.63, 3.8) is 0 Å². The summed E-state index contributed by atoms with van der Waals surface area (Å²) in [5.41, 5.74) is 6.39. The smallest absolute Gasteiger partial charge is 0.246 e. The molecule has 1 atom stereocenters. The highest BCUT2D eigenvalue weighted by atomic mass is 32.2. The standard InChI is InChI=1S/C11H20N4O2S/c1-8-9(6-13-14-8)18(16,17)15-5-4-10(12)11(2,3)7-15/h6,10H,4-5,7,12H2,1-3H3,(H,13,14). The van der Waals surface area contributed by atoms with E-state index in [-0.39, 0.29) is 16.4 Å². The predicted molar refractivity (Wildman–Crippen MR) is 68.5 cm³/mol. The molecule has 0 aliphatic carbocycles. The molecule has 1 aromatic rings. The molecular formula is C11H20N4O2S. The second-order valence-corrected chi connectivity index (χ2v) is 7.49.